The molecule has 0 aliphatic carbocycles. The number of nitrogens with zero attached hydrogens (tertiary/aromatic N) is 2. The minimum Gasteiger partial charge on any atom is -0.490 e. The molecule has 0 N–H and O–H groups in total. The summed E-state index contributed by atoms with van der Waals surface area (Å²) in [6.07, 6.45) is 8.97. The molecule has 2 aliphatic rings. The topological polar surface area (TPSA) is 32.8 Å². The number of hydrogen-bond acceptors (Lipinski definition) is 3. The SMILES string of the molecule is C=CCOc1ccc(C(=O)N2CCCC[C@@H]2CCN2CCCC2)cc1. The predicted molar refractivity (Wildman–Crippen MR) is 101 cm³/mol. The van der Waals surface area contributed by atoms with Crippen molar-refractivity contribution in [3.8, 4) is 5.75 Å². The van der Waals surface area contributed by atoms with Gasteiger partial charge in [-0.2, -0.15) is 0 Å². The third-order valence-electron chi connectivity index (χ3n) is 5.33. The summed E-state index contributed by atoms with van der Waals surface area (Å²) >= 11 is 0. The number of carbonyl (C=O) groups is 1. The van der Waals surface area contributed by atoms with Crippen molar-refractivity contribution in [3.05, 3.63) is 42.5 Å². The molecule has 4 nitrogen and oxygen atoms in total. The standard InChI is InChI=1S/C21H30N2O2/c1-2-17-25-20-10-8-18(9-11-20)21(24)23-15-4-3-7-19(23)12-16-22-13-5-6-14-22/h2,8-11,19H,1,3-7,12-17H2/t19-/m1/s1. The molecule has 1 aromatic rings. The van der Waals surface area contributed by atoms with Crippen molar-refractivity contribution >= 4 is 5.91 Å². The summed E-state index contributed by atoms with van der Waals surface area (Å²) in [5, 5.41) is 0. The molecule has 4 heteroatoms. The number of likely N-dealkylation sites (tertiary alicyclic amines) is 2. The summed E-state index contributed by atoms with van der Waals surface area (Å²) in [6.45, 7) is 8.60. The van der Waals surface area contributed by atoms with Crippen molar-refractivity contribution in [3.63, 3.8) is 0 Å². The zero-order chi connectivity index (χ0) is 17.5. The van der Waals surface area contributed by atoms with E-state index in [-0.39, 0.29) is 5.91 Å². The average molecular weight is 342 g/mol. The van der Waals surface area contributed by atoms with Crippen LogP contribution < -0.4 is 4.74 Å². The average Bonchev–Trinajstić information content (AvgIpc) is 3.18. The molecule has 2 aliphatic heterocycles. The summed E-state index contributed by atoms with van der Waals surface area (Å²) in [7, 11) is 0. The van der Waals surface area contributed by atoms with Crippen LogP contribution in [-0.4, -0.2) is 54.5 Å². The molecule has 0 unspecified atom stereocenters. The maximum absolute atomic E-state index is 13.0. The van der Waals surface area contributed by atoms with Gasteiger partial charge in [-0.15, -0.1) is 0 Å². The van der Waals surface area contributed by atoms with Gasteiger partial charge in [0.1, 0.15) is 12.4 Å². The molecule has 0 saturated carbocycles. The van der Waals surface area contributed by atoms with Crippen LogP contribution in [0.5, 0.6) is 5.75 Å². The lowest BCUT2D eigenvalue weighted by atomic mass is 9.98. The van der Waals surface area contributed by atoms with Crippen molar-refractivity contribution in [2.24, 2.45) is 0 Å². The zero-order valence-electron chi connectivity index (χ0n) is 15.2. The van der Waals surface area contributed by atoms with E-state index in [0.29, 0.717) is 12.6 Å². The Morgan fingerprint density at radius 1 is 1.12 bits per heavy atom. The Morgan fingerprint density at radius 2 is 1.84 bits per heavy atom. The maximum Gasteiger partial charge on any atom is 0.254 e. The first-order valence-corrected chi connectivity index (χ1v) is 9.65. The zero-order valence-corrected chi connectivity index (χ0v) is 15.2. The minimum atomic E-state index is 0.168. The maximum atomic E-state index is 13.0. The van der Waals surface area contributed by atoms with Gasteiger partial charge in [0.05, 0.1) is 0 Å². The van der Waals surface area contributed by atoms with E-state index in [1.807, 2.05) is 24.3 Å². The van der Waals surface area contributed by atoms with Gasteiger partial charge in [0.2, 0.25) is 0 Å². The van der Waals surface area contributed by atoms with Gasteiger partial charge >= 0.3 is 0 Å². The van der Waals surface area contributed by atoms with Gasteiger partial charge in [-0.1, -0.05) is 12.7 Å². The third-order valence-corrected chi connectivity index (χ3v) is 5.33. The lowest BCUT2D eigenvalue weighted by Gasteiger charge is -2.36. The summed E-state index contributed by atoms with van der Waals surface area (Å²) < 4.78 is 5.50. The molecule has 0 aromatic heterocycles. The molecule has 1 amide bonds. The van der Waals surface area contributed by atoms with Gasteiger partial charge in [-0.25, -0.2) is 0 Å². The highest BCUT2D eigenvalue weighted by atomic mass is 16.5. The Kier molecular flexibility index (Phi) is 6.51. The largest absolute Gasteiger partial charge is 0.490 e. The molecule has 25 heavy (non-hydrogen) atoms. The van der Waals surface area contributed by atoms with Crippen molar-refractivity contribution < 1.29 is 9.53 Å². The molecule has 0 radical (unpaired) electrons. The number of carbonyl (C=O) groups excluding carboxylic acids is 1. The molecule has 136 valence electrons. The van der Waals surface area contributed by atoms with Gasteiger partial charge in [0.15, 0.2) is 0 Å². The smallest absolute Gasteiger partial charge is 0.254 e. The quantitative estimate of drug-likeness (QED) is 0.708. The Morgan fingerprint density at radius 3 is 2.56 bits per heavy atom. The number of ether oxygens (including phenoxy) is 1. The van der Waals surface area contributed by atoms with E-state index in [0.717, 1.165) is 43.7 Å². The fourth-order valence-electron chi connectivity index (χ4n) is 3.92. The van der Waals surface area contributed by atoms with Gasteiger partial charge in [0, 0.05) is 24.7 Å². The summed E-state index contributed by atoms with van der Waals surface area (Å²) in [5.74, 6) is 0.946. The molecular formula is C21H30N2O2. The Balaban J connectivity index is 1.60. The van der Waals surface area contributed by atoms with Gasteiger partial charge < -0.3 is 14.5 Å². The molecule has 2 fully saturated rings. The summed E-state index contributed by atoms with van der Waals surface area (Å²) in [4.78, 5) is 17.6. The van der Waals surface area contributed by atoms with Crippen LogP contribution in [0.2, 0.25) is 0 Å². The van der Waals surface area contributed by atoms with Crippen LogP contribution in [0.4, 0.5) is 0 Å². The molecule has 0 bridgehead atoms. The predicted octanol–water partition coefficient (Wildman–Crippen LogP) is 3.73. The van der Waals surface area contributed by atoms with Crippen molar-refractivity contribution in [1.82, 2.24) is 9.80 Å². The van der Waals surface area contributed by atoms with Crippen LogP contribution in [0.25, 0.3) is 0 Å². The number of hydrogen-bond donors (Lipinski definition) is 0. The molecular weight excluding hydrogens is 312 g/mol. The minimum absolute atomic E-state index is 0.168. The van der Waals surface area contributed by atoms with Crippen LogP contribution in [0.1, 0.15) is 48.9 Å². The van der Waals surface area contributed by atoms with E-state index >= 15 is 0 Å². The summed E-state index contributed by atoms with van der Waals surface area (Å²) in [5.41, 5.74) is 0.763. The van der Waals surface area contributed by atoms with Gasteiger partial charge in [-0.3, -0.25) is 4.79 Å². The van der Waals surface area contributed by atoms with Crippen LogP contribution >= 0.6 is 0 Å². The summed E-state index contributed by atoms with van der Waals surface area (Å²) in [6, 6.07) is 7.90. The Labute approximate surface area is 151 Å². The second-order valence-corrected chi connectivity index (χ2v) is 7.11. The van der Waals surface area contributed by atoms with Crippen molar-refractivity contribution in [1.29, 1.82) is 0 Å². The first kappa shape index (κ1) is 18.0. The monoisotopic (exact) mass is 342 g/mol. The molecule has 2 saturated heterocycles. The second-order valence-electron chi connectivity index (χ2n) is 7.11. The number of rotatable bonds is 7. The Hall–Kier alpha value is -1.81. The normalized spacial score (nSPS) is 21.3. The lowest BCUT2D eigenvalue weighted by Crippen LogP contribution is -2.45. The number of benzene rings is 1. The molecule has 1 aromatic carbocycles. The lowest BCUT2D eigenvalue weighted by molar-refractivity contribution is 0.0588. The van der Waals surface area contributed by atoms with Crippen LogP contribution in [0.15, 0.2) is 36.9 Å². The van der Waals surface area contributed by atoms with Crippen molar-refractivity contribution in [2.75, 3.05) is 32.8 Å². The fourth-order valence-corrected chi connectivity index (χ4v) is 3.92. The first-order valence-electron chi connectivity index (χ1n) is 9.65. The molecule has 3 rings (SSSR count). The highest BCUT2D eigenvalue weighted by molar-refractivity contribution is 5.94. The van der Waals surface area contributed by atoms with E-state index in [2.05, 4.69) is 16.4 Å². The van der Waals surface area contributed by atoms with Gasteiger partial charge in [0.25, 0.3) is 5.91 Å². The Bertz CT molecular complexity index is 564. The van der Waals surface area contributed by atoms with E-state index in [1.165, 1.54) is 32.4 Å². The van der Waals surface area contributed by atoms with Gasteiger partial charge in [-0.05, 0) is 75.9 Å². The first-order chi connectivity index (χ1) is 12.3. The highest BCUT2D eigenvalue weighted by Gasteiger charge is 2.28. The molecule has 1 atom stereocenters. The van der Waals surface area contributed by atoms with Crippen LogP contribution in [-0.2, 0) is 0 Å². The molecule has 2 heterocycles. The van der Waals surface area contributed by atoms with E-state index in [1.54, 1.807) is 6.08 Å². The number of amides is 1. The van der Waals surface area contributed by atoms with E-state index in [4.69, 9.17) is 4.74 Å². The molecule has 0 spiro atoms. The highest BCUT2D eigenvalue weighted by Crippen LogP contribution is 2.24. The number of piperidine rings is 1. The fraction of sp³-hybridized carbons (Fsp3) is 0.571. The van der Waals surface area contributed by atoms with E-state index in [9.17, 15) is 4.79 Å². The van der Waals surface area contributed by atoms with E-state index < -0.39 is 0 Å². The third kappa shape index (κ3) is 4.85. The van der Waals surface area contributed by atoms with Crippen LogP contribution in [0.3, 0.4) is 0 Å². The van der Waals surface area contributed by atoms with Crippen LogP contribution in [0, 0.1) is 0 Å². The van der Waals surface area contributed by atoms with Crippen molar-refractivity contribution in [2.45, 2.75) is 44.6 Å². The second kappa shape index (κ2) is 9.04.